The van der Waals surface area contributed by atoms with Crippen molar-refractivity contribution in [3.05, 3.63) is 90.3 Å². The molecule has 3 aromatic rings. The predicted molar refractivity (Wildman–Crippen MR) is 192 cm³/mol. The van der Waals surface area contributed by atoms with E-state index in [1.54, 1.807) is 34.1 Å². The molecule has 2 saturated heterocycles. The molecule has 0 aromatic carbocycles. The number of aldehydes is 1. The Balaban J connectivity index is 0.000000223. The van der Waals surface area contributed by atoms with Crippen molar-refractivity contribution >= 4 is 41.7 Å². The van der Waals surface area contributed by atoms with E-state index in [2.05, 4.69) is 19.9 Å². The minimum absolute atomic E-state index is 0.108. The Morgan fingerprint density at radius 1 is 0.640 bits per heavy atom. The number of nitrogens with zero attached hydrogens (tertiary/aromatic N) is 4. The molecule has 15 nitrogen and oxygen atoms in total. The number of aromatic nitrogens is 3. The number of piperazine rings is 2. The molecule has 16 heteroatoms. The third kappa shape index (κ3) is 13.1. The number of anilines is 2. The molecule has 0 unspecified atom stereocenters. The van der Waals surface area contributed by atoms with Crippen molar-refractivity contribution in [3.63, 3.8) is 0 Å². The van der Waals surface area contributed by atoms with Crippen LogP contribution in [0.1, 0.15) is 51.9 Å². The summed E-state index contributed by atoms with van der Waals surface area (Å²) in [6.07, 6.45) is -0.0704. The lowest BCUT2D eigenvalue weighted by atomic mass is 10.2. The normalized spacial score (nSPS) is 14.8. The Kier molecular flexibility index (Phi) is 13.8. The minimum Gasteiger partial charge on any atom is -0.444 e. The number of carbonyl (C=O) groups excluding carboxylic acids is 3. The van der Waals surface area contributed by atoms with Gasteiger partial charge in [-0.05, 0) is 65.8 Å². The van der Waals surface area contributed by atoms with E-state index in [1.807, 2.05) is 52.5 Å². The maximum absolute atomic E-state index is 12.0. The molecule has 0 radical (unpaired) electrons. The Morgan fingerprint density at radius 2 is 1.08 bits per heavy atom. The first-order valence-electron chi connectivity index (χ1n) is 16.1. The zero-order valence-corrected chi connectivity index (χ0v) is 30.0. The number of nitrogens with one attached hydrogen (secondary N) is 3. The van der Waals surface area contributed by atoms with Crippen LogP contribution in [-0.4, -0.2) is 107 Å². The Hall–Kier alpha value is -5.05. The first kappa shape index (κ1) is 39.4. The number of pyridine rings is 3. The van der Waals surface area contributed by atoms with Crippen molar-refractivity contribution in [1.82, 2.24) is 24.8 Å². The summed E-state index contributed by atoms with van der Waals surface area (Å²) in [6, 6.07) is 12.9. The summed E-state index contributed by atoms with van der Waals surface area (Å²) in [5.74, 6) is 1.45. The monoisotopic (exact) mass is 715 g/mol. The molecule has 50 heavy (non-hydrogen) atoms. The highest BCUT2D eigenvalue weighted by Crippen LogP contribution is 2.16. The van der Waals surface area contributed by atoms with Crippen molar-refractivity contribution in [2.24, 2.45) is 0 Å². The molecular formula is C34H46ClN7O8. The number of amides is 2. The van der Waals surface area contributed by atoms with Crippen molar-refractivity contribution in [3.8, 4) is 0 Å². The van der Waals surface area contributed by atoms with Crippen LogP contribution in [0.15, 0.2) is 62.9 Å². The quantitative estimate of drug-likeness (QED) is 0.267. The van der Waals surface area contributed by atoms with E-state index < -0.39 is 16.8 Å². The number of H-pyrrole nitrogens is 3. The molecule has 5 heterocycles. The molecule has 3 aromatic heterocycles. The van der Waals surface area contributed by atoms with E-state index in [0.29, 0.717) is 69.6 Å². The summed E-state index contributed by atoms with van der Waals surface area (Å²) in [5, 5.41) is 0.373. The molecule has 3 N–H and O–H groups in total. The highest BCUT2D eigenvalue weighted by atomic mass is 35.5. The van der Waals surface area contributed by atoms with Gasteiger partial charge in [0, 0.05) is 64.5 Å². The summed E-state index contributed by atoms with van der Waals surface area (Å²) in [5.41, 5.74) is -1.56. The van der Waals surface area contributed by atoms with Crippen molar-refractivity contribution in [1.29, 1.82) is 0 Å². The Morgan fingerprint density at radius 3 is 1.44 bits per heavy atom. The fourth-order valence-electron chi connectivity index (χ4n) is 4.71. The van der Waals surface area contributed by atoms with Gasteiger partial charge in [-0.1, -0.05) is 23.7 Å². The van der Waals surface area contributed by atoms with Gasteiger partial charge < -0.3 is 44.0 Å². The van der Waals surface area contributed by atoms with Crippen LogP contribution < -0.4 is 26.5 Å². The lowest BCUT2D eigenvalue weighted by molar-refractivity contribution is 0.0230. The largest absolute Gasteiger partial charge is 0.444 e. The van der Waals surface area contributed by atoms with Gasteiger partial charge in [0.25, 0.3) is 5.56 Å². The van der Waals surface area contributed by atoms with Crippen LogP contribution in [-0.2, 0) is 9.47 Å². The predicted octanol–water partition coefficient (Wildman–Crippen LogP) is 3.70. The fourth-order valence-corrected chi connectivity index (χ4v) is 4.87. The maximum Gasteiger partial charge on any atom is 0.410 e. The van der Waals surface area contributed by atoms with Crippen molar-refractivity contribution < 1.29 is 23.9 Å². The number of aromatic amines is 3. The van der Waals surface area contributed by atoms with Gasteiger partial charge in [0.15, 0.2) is 6.29 Å². The second kappa shape index (κ2) is 17.6. The minimum atomic E-state index is -0.510. The third-order valence-corrected chi connectivity index (χ3v) is 7.30. The van der Waals surface area contributed by atoms with E-state index in [-0.39, 0.29) is 28.9 Å². The van der Waals surface area contributed by atoms with Gasteiger partial charge in [-0.3, -0.25) is 19.2 Å². The van der Waals surface area contributed by atoms with Gasteiger partial charge in [0.1, 0.15) is 28.0 Å². The first-order chi connectivity index (χ1) is 23.4. The topological polar surface area (TPSA) is 181 Å². The van der Waals surface area contributed by atoms with Gasteiger partial charge >= 0.3 is 12.2 Å². The molecule has 5 rings (SSSR count). The standard InChI is InChI=1S/C15H21N3O4.C14H21N3O3.C5H4ClNO/c1-15(2,3)22-14(21)18-8-6-17(7-9-18)12-5-4-11(10-19)13(20)16-12;1-14(2,3)20-13(19)17-9-7-16(8-10-17)11-5-4-6-12(18)15-11;6-4-2-1-3-5(8)7-4/h4-5,10H,6-9H2,1-3H3,(H,16,20);4-6H,7-10H2,1-3H3,(H,15,18);1-3H,(H,7,8). The molecule has 2 aliphatic heterocycles. The molecule has 2 amide bonds. The number of hydrogen-bond acceptors (Lipinski definition) is 10. The molecule has 0 bridgehead atoms. The highest BCUT2D eigenvalue weighted by Gasteiger charge is 2.27. The van der Waals surface area contributed by atoms with E-state index in [9.17, 15) is 28.8 Å². The van der Waals surface area contributed by atoms with Crippen LogP contribution in [0.2, 0.25) is 5.15 Å². The molecule has 2 aliphatic rings. The number of carbonyl (C=O) groups is 3. The Bertz CT molecular complexity index is 1760. The molecule has 0 saturated carbocycles. The average molecular weight is 716 g/mol. The number of ether oxygens (including phenoxy) is 2. The zero-order valence-electron chi connectivity index (χ0n) is 29.3. The van der Waals surface area contributed by atoms with E-state index in [0.717, 1.165) is 5.82 Å². The summed E-state index contributed by atoms with van der Waals surface area (Å²) >= 11 is 5.39. The molecule has 272 valence electrons. The average Bonchev–Trinajstić information content (AvgIpc) is 3.04. The number of hydrogen-bond donors (Lipinski definition) is 3. The van der Waals surface area contributed by atoms with Crippen molar-refractivity contribution in [2.45, 2.75) is 52.7 Å². The van der Waals surface area contributed by atoms with Gasteiger partial charge in [-0.15, -0.1) is 0 Å². The van der Waals surface area contributed by atoms with E-state index in [1.165, 1.54) is 18.2 Å². The summed E-state index contributed by atoms with van der Waals surface area (Å²) in [6.45, 7) is 15.8. The lowest BCUT2D eigenvalue weighted by Crippen LogP contribution is -2.50. The second-order valence-electron chi connectivity index (χ2n) is 13.4. The van der Waals surface area contributed by atoms with Gasteiger partial charge in [-0.2, -0.15) is 0 Å². The highest BCUT2D eigenvalue weighted by molar-refractivity contribution is 6.29. The van der Waals surface area contributed by atoms with Gasteiger partial charge in [-0.25, -0.2) is 9.59 Å². The molecule has 0 atom stereocenters. The SMILES string of the molecule is CC(C)(C)OC(=O)N1CCN(c2ccc(C=O)c(=O)[nH]2)CC1.CC(C)(C)OC(=O)N1CCN(c2cccc(=O)[nH]2)CC1.O=c1cccc(Cl)[nH]1. The smallest absolute Gasteiger partial charge is 0.410 e. The number of rotatable bonds is 3. The third-order valence-electron chi connectivity index (χ3n) is 7.08. The summed E-state index contributed by atoms with van der Waals surface area (Å²) in [4.78, 5) is 83.1. The van der Waals surface area contributed by atoms with Crippen LogP contribution in [0.25, 0.3) is 0 Å². The van der Waals surface area contributed by atoms with Gasteiger partial charge in [0.05, 0.1) is 5.56 Å². The molecule has 2 fully saturated rings. The summed E-state index contributed by atoms with van der Waals surface area (Å²) in [7, 11) is 0. The first-order valence-corrected chi connectivity index (χ1v) is 16.5. The molecule has 0 aliphatic carbocycles. The number of halogens is 1. The van der Waals surface area contributed by atoms with Crippen LogP contribution in [0, 0.1) is 0 Å². The van der Waals surface area contributed by atoms with Crippen LogP contribution >= 0.6 is 11.6 Å². The fraction of sp³-hybridized carbons (Fsp3) is 0.471. The van der Waals surface area contributed by atoms with E-state index >= 15 is 0 Å². The molecular weight excluding hydrogens is 670 g/mol. The maximum atomic E-state index is 12.0. The van der Waals surface area contributed by atoms with Crippen molar-refractivity contribution in [2.75, 3.05) is 62.2 Å². The molecule has 0 spiro atoms. The Labute approximate surface area is 295 Å². The summed E-state index contributed by atoms with van der Waals surface area (Å²) < 4.78 is 10.7. The van der Waals surface area contributed by atoms with E-state index in [4.69, 9.17) is 21.1 Å². The van der Waals surface area contributed by atoms with Crippen LogP contribution in [0.3, 0.4) is 0 Å². The second-order valence-corrected chi connectivity index (χ2v) is 13.8. The van der Waals surface area contributed by atoms with Gasteiger partial charge in [0.2, 0.25) is 11.1 Å². The lowest BCUT2D eigenvalue weighted by Gasteiger charge is -2.36. The zero-order chi connectivity index (χ0) is 37.1. The van der Waals surface area contributed by atoms with Crippen LogP contribution in [0.4, 0.5) is 21.2 Å². The van der Waals surface area contributed by atoms with Crippen LogP contribution in [0.5, 0.6) is 0 Å².